The molecular formula is C21H18F3N3O. The Balaban J connectivity index is 1.67. The minimum Gasteiger partial charge on any atom is -0.340 e. The quantitative estimate of drug-likeness (QED) is 0.605. The summed E-state index contributed by atoms with van der Waals surface area (Å²) < 4.78 is 37.8. The maximum atomic E-state index is 12.6. The minimum absolute atomic E-state index is 0.130. The van der Waals surface area contributed by atoms with Gasteiger partial charge in [0.15, 0.2) is 0 Å². The van der Waals surface area contributed by atoms with Crippen molar-refractivity contribution in [1.29, 1.82) is 0 Å². The van der Waals surface area contributed by atoms with Gasteiger partial charge in [-0.25, -0.2) is 4.98 Å². The molecule has 0 aliphatic carbocycles. The molecule has 7 heteroatoms. The van der Waals surface area contributed by atoms with Crippen LogP contribution in [0.25, 0.3) is 0 Å². The zero-order valence-electron chi connectivity index (χ0n) is 15.3. The standard InChI is InChI=1S/C21H18F3N3O/c1-13-4-3-5-18(14(13)2)27-19-11-10-17(12-25-19)26-20(28)15-6-8-16(9-7-15)21(22,23)24/h3-12H,1-2H3,(H,25,27)(H,26,28). The molecule has 0 radical (unpaired) electrons. The van der Waals surface area contributed by atoms with Gasteiger partial charge < -0.3 is 10.6 Å². The normalized spacial score (nSPS) is 11.2. The predicted molar refractivity (Wildman–Crippen MR) is 103 cm³/mol. The van der Waals surface area contributed by atoms with Crippen molar-refractivity contribution >= 4 is 23.1 Å². The van der Waals surface area contributed by atoms with E-state index in [4.69, 9.17) is 0 Å². The molecule has 4 nitrogen and oxygen atoms in total. The van der Waals surface area contributed by atoms with Crippen LogP contribution < -0.4 is 10.6 Å². The van der Waals surface area contributed by atoms with Gasteiger partial charge in [-0.1, -0.05) is 12.1 Å². The number of alkyl halides is 3. The number of carbonyl (C=O) groups excluding carboxylic acids is 1. The second kappa shape index (κ2) is 7.72. The fourth-order valence-corrected chi connectivity index (χ4v) is 2.58. The van der Waals surface area contributed by atoms with Crippen molar-refractivity contribution in [2.24, 2.45) is 0 Å². The maximum absolute atomic E-state index is 12.6. The van der Waals surface area contributed by atoms with Crippen LogP contribution in [0, 0.1) is 13.8 Å². The number of hydrogen-bond acceptors (Lipinski definition) is 3. The summed E-state index contributed by atoms with van der Waals surface area (Å²) in [6.07, 6.45) is -2.95. The van der Waals surface area contributed by atoms with Gasteiger partial charge in [-0.2, -0.15) is 13.2 Å². The Morgan fingerprint density at radius 1 is 0.964 bits per heavy atom. The summed E-state index contributed by atoms with van der Waals surface area (Å²) in [6.45, 7) is 4.03. The number of aryl methyl sites for hydroxylation is 1. The van der Waals surface area contributed by atoms with Gasteiger partial charge in [0.05, 0.1) is 17.4 Å². The van der Waals surface area contributed by atoms with Crippen LogP contribution in [-0.2, 0) is 6.18 Å². The molecule has 0 saturated heterocycles. The first-order chi connectivity index (χ1) is 13.2. The molecule has 0 fully saturated rings. The highest BCUT2D eigenvalue weighted by Crippen LogP contribution is 2.29. The van der Waals surface area contributed by atoms with Crippen LogP contribution in [-0.4, -0.2) is 10.9 Å². The Morgan fingerprint density at radius 3 is 2.29 bits per heavy atom. The van der Waals surface area contributed by atoms with E-state index < -0.39 is 17.6 Å². The molecule has 0 bridgehead atoms. The molecule has 0 unspecified atom stereocenters. The van der Waals surface area contributed by atoms with Gasteiger partial charge in [-0.05, 0) is 67.4 Å². The van der Waals surface area contributed by atoms with E-state index in [-0.39, 0.29) is 5.56 Å². The van der Waals surface area contributed by atoms with E-state index in [1.54, 1.807) is 12.1 Å². The molecule has 2 N–H and O–H groups in total. The molecule has 144 valence electrons. The Labute approximate surface area is 160 Å². The fourth-order valence-electron chi connectivity index (χ4n) is 2.58. The number of hydrogen-bond donors (Lipinski definition) is 2. The van der Waals surface area contributed by atoms with Gasteiger partial charge >= 0.3 is 6.18 Å². The zero-order chi connectivity index (χ0) is 20.3. The van der Waals surface area contributed by atoms with E-state index in [0.717, 1.165) is 41.1 Å². The van der Waals surface area contributed by atoms with Crippen molar-refractivity contribution in [3.05, 3.63) is 83.0 Å². The molecule has 0 aliphatic heterocycles. The van der Waals surface area contributed by atoms with E-state index >= 15 is 0 Å². The van der Waals surface area contributed by atoms with Crippen molar-refractivity contribution in [3.63, 3.8) is 0 Å². The summed E-state index contributed by atoms with van der Waals surface area (Å²) >= 11 is 0. The minimum atomic E-state index is -4.43. The molecule has 0 aliphatic rings. The van der Waals surface area contributed by atoms with Crippen LogP contribution in [0.1, 0.15) is 27.0 Å². The first-order valence-corrected chi connectivity index (χ1v) is 8.52. The smallest absolute Gasteiger partial charge is 0.340 e. The van der Waals surface area contributed by atoms with Gasteiger partial charge in [0.1, 0.15) is 5.82 Å². The summed E-state index contributed by atoms with van der Waals surface area (Å²) in [6, 6.07) is 13.3. The lowest BCUT2D eigenvalue weighted by atomic mass is 10.1. The Morgan fingerprint density at radius 2 is 1.68 bits per heavy atom. The van der Waals surface area contributed by atoms with Crippen molar-refractivity contribution in [2.75, 3.05) is 10.6 Å². The lowest BCUT2D eigenvalue weighted by Gasteiger charge is -2.11. The van der Waals surface area contributed by atoms with Crippen LogP contribution >= 0.6 is 0 Å². The van der Waals surface area contributed by atoms with E-state index in [2.05, 4.69) is 15.6 Å². The maximum Gasteiger partial charge on any atom is 0.416 e. The Bertz CT molecular complexity index is 981. The van der Waals surface area contributed by atoms with Crippen LogP contribution in [0.5, 0.6) is 0 Å². The van der Waals surface area contributed by atoms with Crippen LogP contribution in [0.2, 0.25) is 0 Å². The summed E-state index contributed by atoms with van der Waals surface area (Å²) in [5.74, 6) is 0.104. The molecule has 1 aromatic heterocycles. The molecule has 1 heterocycles. The van der Waals surface area contributed by atoms with Crippen molar-refractivity contribution in [3.8, 4) is 0 Å². The van der Waals surface area contributed by atoms with Crippen LogP contribution in [0.4, 0.5) is 30.4 Å². The van der Waals surface area contributed by atoms with E-state index in [1.165, 1.54) is 6.20 Å². The Hall–Kier alpha value is -3.35. The third-order valence-electron chi connectivity index (χ3n) is 4.36. The second-order valence-corrected chi connectivity index (χ2v) is 6.33. The average Bonchev–Trinajstić information content (AvgIpc) is 2.66. The molecule has 0 saturated carbocycles. The number of carbonyl (C=O) groups is 1. The number of aromatic nitrogens is 1. The molecular weight excluding hydrogens is 367 g/mol. The van der Waals surface area contributed by atoms with Crippen molar-refractivity contribution in [1.82, 2.24) is 4.98 Å². The topological polar surface area (TPSA) is 54.0 Å². The molecule has 0 spiro atoms. The highest BCUT2D eigenvalue weighted by Gasteiger charge is 2.30. The summed E-state index contributed by atoms with van der Waals surface area (Å²) in [5.41, 5.74) is 2.98. The van der Waals surface area contributed by atoms with Crippen molar-refractivity contribution < 1.29 is 18.0 Å². The molecule has 0 atom stereocenters. The number of nitrogens with zero attached hydrogens (tertiary/aromatic N) is 1. The largest absolute Gasteiger partial charge is 0.416 e. The first-order valence-electron chi connectivity index (χ1n) is 8.52. The average molecular weight is 385 g/mol. The van der Waals surface area contributed by atoms with Gasteiger partial charge in [0, 0.05) is 11.3 Å². The van der Waals surface area contributed by atoms with Gasteiger partial charge in [-0.15, -0.1) is 0 Å². The number of rotatable bonds is 4. The number of anilines is 3. The van der Waals surface area contributed by atoms with E-state index in [0.29, 0.717) is 11.5 Å². The van der Waals surface area contributed by atoms with Gasteiger partial charge in [-0.3, -0.25) is 4.79 Å². The summed E-state index contributed by atoms with van der Waals surface area (Å²) in [7, 11) is 0. The number of nitrogens with one attached hydrogen (secondary N) is 2. The predicted octanol–water partition coefficient (Wildman–Crippen LogP) is 5.71. The van der Waals surface area contributed by atoms with E-state index in [1.807, 2.05) is 32.0 Å². The van der Waals surface area contributed by atoms with Crippen molar-refractivity contribution in [2.45, 2.75) is 20.0 Å². The number of amides is 1. The van der Waals surface area contributed by atoms with Crippen LogP contribution in [0.3, 0.4) is 0 Å². The first kappa shape index (κ1) is 19.4. The lowest BCUT2D eigenvalue weighted by molar-refractivity contribution is -0.137. The molecule has 28 heavy (non-hydrogen) atoms. The summed E-state index contributed by atoms with van der Waals surface area (Å²) in [5, 5.41) is 5.83. The van der Waals surface area contributed by atoms with E-state index in [9.17, 15) is 18.0 Å². The molecule has 3 rings (SSSR count). The van der Waals surface area contributed by atoms with Gasteiger partial charge in [0.25, 0.3) is 5.91 Å². The number of pyridine rings is 1. The molecule has 3 aromatic rings. The highest BCUT2D eigenvalue weighted by molar-refractivity contribution is 6.04. The van der Waals surface area contributed by atoms with Gasteiger partial charge in [0.2, 0.25) is 0 Å². The molecule has 2 aromatic carbocycles. The zero-order valence-corrected chi connectivity index (χ0v) is 15.3. The second-order valence-electron chi connectivity index (χ2n) is 6.33. The van der Waals surface area contributed by atoms with Crippen LogP contribution in [0.15, 0.2) is 60.8 Å². The SMILES string of the molecule is Cc1cccc(Nc2ccc(NC(=O)c3ccc(C(F)(F)F)cc3)cn2)c1C. The monoisotopic (exact) mass is 385 g/mol. The third kappa shape index (κ3) is 4.49. The summed E-state index contributed by atoms with van der Waals surface area (Å²) in [4.78, 5) is 16.5. The fraction of sp³-hybridized carbons (Fsp3) is 0.143. The highest BCUT2D eigenvalue weighted by atomic mass is 19.4. The number of halogens is 3. The third-order valence-corrected chi connectivity index (χ3v) is 4.36. The Kier molecular flexibility index (Phi) is 5.35. The number of benzene rings is 2. The molecule has 1 amide bonds. The lowest BCUT2D eigenvalue weighted by Crippen LogP contribution is -2.13.